The normalized spacial score (nSPS) is 12.4. The van der Waals surface area contributed by atoms with Crippen LogP contribution in [0.1, 0.15) is 13.8 Å². The molecule has 4 N–H and O–H groups in total. The molecule has 0 aliphatic carbocycles. The van der Waals surface area contributed by atoms with Gasteiger partial charge in [0.2, 0.25) is 10.0 Å². The van der Waals surface area contributed by atoms with E-state index in [1.54, 1.807) is 13.2 Å². The smallest absolute Gasteiger partial charge is 0.240 e. The molecule has 0 aliphatic heterocycles. The van der Waals surface area contributed by atoms with Gasteiger partial charge in [-0.05, 0) is 39.1 Å². The van der Waals surface area contributed by atoms with Crippen LogP contribution in [-0.4, -0.2) is 34.7 Å². The van der Waals surface area contributed by atoms with Crippen LogP contribution < -0.4 is 15.8 Å². The number of anilines is 2. The van der Waals surface area contributed by atoms with Gasteiger partial charge < -0.3 is 15.8 Å². The molecule has 6 nitrogen and oxygen atoms in total. The molecule has 0 saturated heterocycles. The summed E-state index contributed by atoms with van der Waals surface area (Å²) in [6.45, 7) is 4.44. The van der Waals surface area contributed by atoms with Crippen molar-refractivity contribution in [1.29, 1.82) is 0 Å². The van der Waals surface area contributed by atoms with Crippen LogP contribution in [0.5, 0.6) is 0 Å². The lowest BCUT2D eigenvalue weighted by Crippen LogP contribution is -2.32. The molecule has 0 amide bonds. The minimum Gasteiger partial charge on any atom is -0.397 e. The first-order valence-electron chi connectivity index (χ1n) is 5.84. The second-order valence-electron chi connectivity index (χ2n) is 4.77. The standard InChI is InChI=1S/C12H21N3O3S/c1-12(2,18-4)8-15-11-6-5-9(7-10(11)13)19(16,17)14-3/h5-7,14-15H,8,13H2,1-4H3. The van der Waals surface area contributed by atoms with Gasteiger partial charge in [0.05, 0.1) is 21.9 Å². The van der Waals surface area contributed by atoms with Gasteiger partial charge in [0.1, 0.15) is 0 Å². The van der Waals surface area contributed by atoms with Gasteiger partial charge in [-0.2, -0.15) is 0 Å². The summed E-state index contributed by atoms with van der Waals surface area (Å²) in [5.74, 6) is 0. The number of sulfonamides is 1. The molecule has 19 heavy (non-hydrogen) atoms. The summed E-state index contributed by atoms with van der Waals surface area (Å²) >= 11 is 0. The van der Waals surface area contributed by atoms with Crippen molar-refractivity contribution in [2.75, 3.05) is 31.8 Å². The van der Waals surface area contributed by atoms with Crippen molar-refractivity contribution in [3.63, 3.8) is 0 Å². The molecule has 0 saturated carbocycles. The summed E-state index contributed by atoms with van der Waals surface area (Å²) in [5, 5.41) is 3.14. The van der Waals surface area contributed by atoms with Gasteiger partial charge in [0.15, 0.2) is 0 Å². The summed E-state index contributed by atoms with van der Waals surface area (Å²) in [6, 6.07) is 4.57. The molecule has 1 rings (SSSR count). The second kappa shape index (κ2) is 5.77. The maximum atomic E-state index is 11.6. The first-order valence-corrected chi connectivity index (χ1v) is 7.32. The van der Waals surface area contributed by atoms with E-state index in [1.165, 1.54) is 19.2 Å². The number of methoxy groups -OCH3 is 1. The Hall–Kier alpha value is -1.31. The number of benzene rings is 1. The second-order valence-corrected chi connectivity index (χ2v) is 6.66. The third kappa shape index (κ3) is 4.09. The van der Waals surface area contributed by atoms with Crippen molar-refractivity contribution in [2.45, 2.75) is 24.3 Å². The number of nitrogens with two attached hydrogens (primary N) is 1. The zero-order chi connectivity index (χ0) is 14.7. The SMILES string of the molecule is CNS(=O)(=O)c1ccc(NCC(C)(C)OC)c(N)c1. The van der Waals surface area contributed by atoms with E-state index in [4.69, 9.17) is 10.5 Å². The highest BCUT2D eigenvalue weighted by Gasteiger charge is 2.17. The van der Waals surface area contributed by atoms with Crippen LogP contribution in [0.4, 0.5) is 11.4 Å². The Morgan fingerprint density at radius 3 is 2.47 bits per heavy atom. The molecule has 1 aromatic carbocycles. The van der Waals surface area contributed by atoms with Crippen LogP contribution in [0.15, 0.2) is 23.1 Å². The predicted molar refractivity (Wildman–Crippen MR) is 76.7 cm³/mol. The molecule has 0 aromatic heterocycles. The van der Waals surface area contributed by atoms with Crippen molar-refractivity contribution in [3.05, 3.63) is 18.2 Å². The maximum Gasteiger partial charge on any atom is 0.240 e. The lowest BCUT2D eigenvalue weighted by Gasteiger charge is -2.24. The van der Waals surface area contributed by atoms with Crippen molar-refractivity contribution in [2.24, 2.45) is 0 Å². The molecule has 0 unspecified atom stereocenters. The molecule has 108 valence electrons. The third-order valence-electron chi connectivity index (χ3n) is 2.86. The fourth-order valence-electron chi connectivity index (χ4n) is 1.37. The van der Waals surface area contributed by atoms with Gasteiger partial charge in [-0.25, -0.2) is 13.1 Å². The average Bonchev–Trinajstić information content (AvgIpc) is 2.37. The lowest BCUT2D eigenvalue weighted by atomic mass is 10.1. The quantitative estimate of drug-likeness (QED) is 0.679. The minimum absolute atomic E-state index is 0.143. The van der Waals surface area contributed by atoms with Crippen LogP contribution in [0.25, 0.3) is 0 Å². The minimum atomic E-state index is -3.47. The molecule has 0 spiro atoms. The van der Waals surface area contributed by atoms with Gasteiger partial charge in [-0.1, -0.05) is 0 Å². The number of nitrogens with one attached hydrogen (secondary N) is 2. The molecular weight excluding hydrogens is 266 g/mol. The van der Waals surface area contributed by atoms with E-state index in [0.717, 1.165) is 0 Å². The molecular formula is C12H21N3O3S. The van der Waals surface area contributed by atoms with Crippen molar-refractivity contribution < 1.29 is 13.2 Å². The van der Waals surface area contributed by atoms with E-state index in [-0.39, 0.29) is 10.5 Å². The van der Waals surface area contributed by atoms with Crippen LogP contribution in [0.2, 0.25) is 0 Å². The van der Waals surface area contributed by atoms with E-state index >= 15 is 0 Å². The van der Waals surface area contributed by atoms with E-state index in [0.29, 0.717) is 17.9 Å². The van der Waals surface area contributed by atoms with Gasteiger partial charge in [0.25, 0.3) is 0 Å². The summed E-state index contributed by atoms with van der Waals surface area (Å²) in [4.78, 5) is 0.143. The highest BCUT2D eigenvalue weighted by atomic mass is 32.2. The Labute approximate surface area is 114 Å². The number of nitrogen functional groups attached to an aromatic ring is 1. The van der Waals surface area contributed by atoms with Gasteiger partial charge >= 0.3 is 0 Å². The highest BCUT2D eigenvalue weighted by molar-refractivity contribution is 7.89. The van der Waals surface area contributed by atoms with Gasteiger partial charge in [-0.3, -0.25) is 0 Å². The molecule has 7 heteroatoms. The van der Waals surface area contributed by atoms with Gasteiger partial charge in [-0.15, -0.1) is 0 Å². The number of rotatable bonds is 6. The van der Waals surface area contributed by atoms with E-state index < -0.39 is 10.0 Å². The maximum absolute atomic E-state index is 11.6. The Balaban J connectivity index is 2.90. The van der Waals surface area contributed by atoms with Crippen LogP contribution in [0.3, 0.4) is 0 Å². The number of hydrogen-bond acceptors (Lipinski definition) is 5. The molecule has 0 aliphatic rings. The fourth-order valence-corrected chi connectivity index (χ4v) is 2.13. The zero-order valence-electron chi connectivity index (χ0n) is 11.6. The van der Waals surface area contributed by atoms with Crippen LogP contribution in [0, 0.1) is 0 Å². The summed E-state index contributed by atoms with van der Waals surface area (Å²) < 4.78 is 30.8. The van der Waals surface area contributed by atoms with Gasteiger partial charge in [0, 0.05) is 13.7 Å². The number of ether oxygens (including phenoxy) is 1. The van der Waals surface area contributed by atoms with Crippen LogP contribution in [-0.2, 0) is 14.8 Å². The summed E-state index contributed by atoms with van der Waals surface area (Å²) in [5.41, 5.74) is 6.58. The predicted octanol–water partition coefficient (Wildman–Crippen LogP) is 1.01. The molecule has 0 radical (unpaired) electrons. The number of hydrogen-bond donors (Lipinski definition) is 3. The van der Waals surface area contributed by atoms with Crippen molar-refractivity contribution >= 4 is 21.4 Å². The first kappa shape index (κ1) is 15.7. The lowest BCUT2D eigenvalue weighted by molar-refractivity contribution is 0.0344. The van der Waals surface area contributed by atoms with Crippen LogP contribution >= 0.6 is 0 Å². The van der Waals surface area contributed by atoms with E-state index in [2.05, 4.69) is 10.0 Å². The van der Waals surface area contributed by atoms with E-state index in [1.807, 2.05) is 13.8 Å². The van der Waals surface area contributed by atoms with E-state index in [9.17, 15) is 8.42 Å². The Bertz CT molecular complexity index is 541. The average molecular weight is 287 g/mol. The summed E-state index contributed by atoms with van der Waals surface area (Å²) in [6.07, 6.45) is 0. The molecule has 1 aromatic rings. The Kier molecular flexibility index (Phi) is 4.78. The monoisotopic (exact) mass is 287 g/mol. The topological polar surface area (TPSA) is 93.5 Å². The Morgan fingerprint density at radius 1 is 1.37 bits per heavy atom. The molecule has 0 heterocycles. The third-order valence-corrected chi connectivity index (χ3v) is 4.27. The highest BCUT2D eigenvalue weighted by Crippen LogP contribution is 2.23. The molecule has 0 bridgehead atoms. The molecule has 0 atom stereocenters. The van der Waals surface area contributed by atoms with Crippen molar-refractivity contribution in [1.82, 2.24) is 4.72 Å². The largest absolute Gasteiger partial charge is 0.397 e. The molecule has 0 fully saturated rings. The summed E-state index contributed by atoms with van der Waals surface area (Å²) in [7, 11) is -0.475. The first-order chi connectivity index (χ1) is 8.72. The Morgan fingerprint density at radius 2 is 2.00 bits per heavy atom. The fraction of sp³-hybridized carbons (Fsp3) is 0.500. The van der Waals surface area contributed by atoms with Crippen molar-refractivity contribution in [3.8, 4) is 0 Å². The zero-order valence-corrected chi connectivity index (χ0v) is 12.5.